The second-order valence-electron chi connectivity index (χ2n) is 4.99. The summed E-state index contributed by atoms with van der Waals surface area (Å²) in [6, 6.07) is 6.91. The Morgan fingerprint density at radius 1 is 0.870 bits per heavy atom. The lowest BCUT2D eigenvalue weighted by atomic mass is 10.1. The molecule has 0 spiro atoms. The third-order valence-electron chi connectivity index (χ3n) is 3.33. The molecule has 0 radical (unpaired) electrons. The molecule has 0 aliphatic carbocycles. The molecule has 0 aromatic heterocycles. The van der Waals surface area contributed by atoms with Crippen LogP contribution in [-0.2, 0) is 19.7 Å². The van der Waals surface area contributed by atoms with Gasteiger partial charge in [0, 0.05) is 11.1 Å². The van der Waals surface area contributed by atoms with E-state index in [2.05, 4.69) is 0 Å². The average molecular weight is 359 g/mol. The van der Waals surface area contributed by atoms with Gasteiger partial charge in [-0.15, -0.1) is 0 Å². The zero-order chi connectivity index (χ0) is 17.3. The van der Waals surface area contributed by atoms with Crippen LogP contribution >= 0.6 is 0 Å². The Morgan fingerprint density at radius 2 is 1.48 bits per heavy atom. The summed E-state index contributed by atoms with van der Waals surface area (Å²) in [5, 5.41) is 18.5. The number of nitrogens with two attached hydrogens (primary N) is 1. The van der Waals surface area contributed by atoms with Gasteiger partial charge in [-0.2, -0.15) is 0 Å². The first-order chi connectivity index (χ1) is 10.7. The molecule has 0 heterocycles. The van der Waals surface area contributed by atoms with Crippen molar-refractivity contribution in [3.8, 4) is 0 Å². The zero-order valence-corrected chi connectivity index (χ0v) is 13.8. The number of aliphatic hydroxyl groups is 2. The van der Waals surface area contributed by atoms with Gasteiger partial charge in [0.2, 0.25) is 0 Å². The van der Waals surface area contributed by atoms with Crippen molar-refractivity contribution in [3.63, 3.8) is 0 Å². The fraction of sp³-hybridized carbons (Fsp3) is 0.286. The third-order valence-corrected chi connectivity index (χ3v) is 6.73. The van der Waals surface area contributed by atoms with Gasteiger partial charge in [0.25, 0.3) is 0 Å². The predicted molar refractivity (Wildman–Crippen MR) is 86.6 cm³/mol. The van der Waals surface area contributed by atoms with Crippen LogP contribution in [0.4, 0.5) is 5.69 Å². The fourth-order valence-corrected chi connectivity index (χ4v) is 4.65. The molecule has 0 amide bonds. The molecular formula is C14H17NO6S2. The van der Waals surface area contributed by atoms with Crippen LogP contribution < -0.4 is 5.73 Å². The summed E-state index contributed by atoms with van der Waals surface area (Å²) in [6.07, 6.45) is 0. The summed E-state index contributed by atoms with van der Waals surface area (Å²) >= 11 is 0. The van der Waals surface area contributed by atoms with Crippen LogP contribution in [0.5, 0.6) is 0 Å². The lowest BCUT2D eigenvalue weighted by Gasteiger charge is -2.11. The first kappa shape index (κ1) is 17.7. The summed E-state index contributed by atoms with van der Waals surface area (Å²) in [6.45, 7) is -1.15. The van der Waals surface area contributed by atoms with Crippen molar-refractivity contribution in [3.05, 3.63) is 30.3 Å². The van der Waals surface area contributed by atoms with E-state index < -0.39 is 44.4 Å². The standard InChI is InChI=1S/C14H17NO6S2/c15-11-2-1-10-7-12(22(18,19)5-3-16)9-14(13(10)8-11)23(20,21)6-4-17/h1-2,7-9,16-17H,3-6,15H2. The average Bonchev–Trinajstić information content (AvgIpc) is 2.45. The van der Waals surface area contributed by atoms with Gasteiger partial charge in [-0.25, -0.2) is 16.8 Å². The largest absolute Gasteiger partial charge is 0.399 e. The Morgan fingerprint density at radius 3 is 2.09 bits per heavy atom. The molecule has 0 unspecified atom stereocenters. The maximum Gasteiger partial charge on any atom is 0.181 e. The molecule has 0 aliphatic rings. The van der Waals surface area contributed by atoms with Crippen molar-refractivity contribution >= 4 is 36.1 Å². The minimum atomic E-state index is -3.88. The normalized spacial score (nSPS) is 12.6. The summed E-state index contributed by atoms with van der Waals surface area (Å²) in [5.41, 5.74) is 6.02. The van der Waals surface area contributed by atoms with Gasteiger partial charge >= 0.3 is 0 Å². The summed E-state index contributed by atoms with van der Waals surface area (Å²) in [4.78, 5) is -0.395. The Labute approximate surface area is 134 Å². The van der Waals surface area contributed by atoms with Crippen LogP contribution in [0.2, 0.25) is 0 Å². The molecule has 9 heteroatoms. The Balaban J connectivity index is 2.84. The second kappa shape index (κ2) is 6.44. The molecule has 126 valence electrons. The van der Waals surface area contributed by atoms with Crippen LogP contribution in [0.25, 0.3) is 10.8 Å². The molecule has 7 nitrogen and oxygen atoms in total. The van der Waals surface area contributed by atoms with Crippen molar-refractivity contribution in [2.45, 2.75) is 9.79 Å². The number of anilines is 1. The fourth-order valence-electron chi connectivity index (χ4n) is 2.22. The summed E-state index contributed by atoms with van der Waals surface area (Å²) in [5.74, 6) is -1.03. The van der Waals surface area contributed by atoms with E-state index in [1.807, 2.05) is 0 Å². The van der Waals surface area contributed by atoms with Crippen LogP contribution in [0.3, 0.4) is 0 Å². The highest BCUT2D eigenvalue weighted by Gasteiger charge is 2.23. The van der Waals surface area contributed by atoms with E-state index >= 15 is 0 Å². The minimum absolute atomic E-state index is 0.194. The monoisotopic (exact) mass is 359 g/mol. The van der Waals surface area contributed by atoms with E-state index in [4.69, 9.17) is 15.9 Å². The van der Waals surface area contributed by atoms with Crippen LogP contribution in [0, 0.1) is 0 Å². The summed E-state index contributed by atoms with van der Waals surface area (Å²) in [7, 11) is -7.70. The van der Waals surface area contributed by atoms with Crippen molar-refractivity contribution in [2.75, 3.05) is 30.5 Å². The van der Waals surface area contributed by atoms with E-state index in [9.17, 15) is 16.8 Å². The lowest BCUT2D eigenvalue weighted by molar-refractivity contribution is 0.319. The van der Waals surface area contributed by atoms with Gasteiger partial charge in [-0.3, -0.25) is 0 Å². The Bertz CT molecular complexity index is 935. The van der Waals surface area contributed by atoms with Crippen molar-refractivity contribution in [2.24, 2.45) is 0 Å². The topological polar surface area (TPSA) is 135 Å². The molecule has 0 fully saturated rings. The number of hydrogen-bond acceptors (Lipinski definition) is 7. The first-order valence-corrected chi connectivity index (χ1v) is 10.0. The number of sulfone groups is 2. The molecule has 0 atom stereocenters. The molecule has 2 aromatic rings. The highest BCUT2D eigenvalue weighted by molar-refractivity contribution is 7.92. The number of fused-ring (bicyclic) bond motifs is 1. The lowest BCUT2D eigenvalue weighted by Crippen LogP contribution is -2.14. The van der Waals surface area contributed by atoms with Gasteiger partial charge in [0.05, 0.1) is 34.5 Å². The number of hydrogen-bond donors (Lipinski definition) is 3. The molecule has 2 rings (SSSR count). The quantitative estimate of drug-likeness (QED) is 0.616. The molecule has 4 N–H and O–H groups in total. The van der Waals surface area contributed by atoms with Gasteiger partial charge in [0.15, 0.2) is 19.7 Å². The van der Waals surface area contributed by atoms with Gasteiger partial charge in [0.1, 0.15) is 0 Å². The predicted octanol–water partition coefficient (Wildman–Crippen LogP) is -0.0460. The van der Waals surface area contributed by atoms with Crippen LogP contribution in [-0.4, -0.2) is 51.8 Å². The summed E-state index contributed by atoms with van der Waals surface area (Å²) < 4.78 is 49.0. The van der Waals surface area contributed by atoms with Gasteiger partial charge in [-0.1, -0.05) is 6.07 Å². The molecule has 23 heavy (non-hydrogen) atoms. The number of rotatable bonds is 6. The van der Waals surface area contributed by atoms with E-state index in [0.29, 0.717) is 16.5 Å². The highest BCUT2D eigenvalue weighted by Crippen LogP contribution is 2.30. The maximum atomic E-state index is 12.3. The van der Waals surface area contributed by atoms with Crippen molar-refractivity contribution in [1.29, 1.82) is 0 Å². The molecule has 2 aromatic carbocycles. The maximum absolute atomic E-state index is 12.3. The number of benzene rings is 2. The molecule has 0 aliphatic heterocycles. The van der Waals surface area contributed by atoms with Gasteiger partial charge in [-0.05, 0) is 29.7 Å². The Hall–Kier alpha value is -1.68. The van der Waals surface area contributed by atoms with E-state index in [1.165, 1.54) is 24.3 Å². The highest BCUT2D eigenvalue weighted by atomic mass is 32.2. The minimum Gasteiger partial charge on any atom is -0.399 e. The van der Waals surface area contributed by atoms with E-state index in [0.717, 1.165) is 6.07 Å². The second-order valence-corrected chi connectivity index (χ2v) is 9.17. The zero-order valence-electron chi connectivity index (χ0n) is 12.1. The van der Waals surface area contributed by atoms with Crippen molar-refractivity contribution in [1.82, 2.24) is 0 Å². The molecular weight excluding hydrogens is 342 g/mol. The SMILES string of the molecule is Nc1ccc2cc(S(=O)(=O)CCO)cc(S(=O)(=O)CCO)c2c1. The van der Waals surface area contributed by atoms with Crippen LogP contribution in [0.1, 0.15) is 0 Å². The van der Waals surface area contributed by atoms with Gasteiger partial charge < -0.3 is 15.9 Å². The van der Waals surface area contributed by atoms with Crippen LogP contribution in [0.15, 0.2) is 40.1 Å². The molecule has 0 saturated heterocycles. The smallest absolute Gasteiger partial charge is 0.181 e. The Kier molecular flexibility index (Phi) is 4.95. The number of nitrogen functional groups attached to an aromatic ring is 1. The third kappa shape index (κ3) is 3.63. The molecule has 0 saturated carbocycles. The first-order valence-electron chi connectivity index (χ1n) is 6.72. The van der Waals surface area contributed by atoms with E-state index in [-0.39, 0.29) is 9.79 Å². The number of aliphatic hydroxyl groups excluding tert-OH is 2. The van der Waals surface area contributed by atoms with Crippen molar-refractivity contribution < 1.29 is 27.0 Å². The molecule has 0 bridgehead atoms. The van der Waals surface area contributed by atoms with E-state index in [1.54, 1.807) is 0 Å².